The Morgan fingerprint density at radius 3 is 2.38 bits per heavy atom. The van der Waals surface area contributed by atoms with Gasteiger partial charge in [-0.1, -0.05) is 46.5 Å². The zero-order chi connectivity index (χ0) is 15.1. The molecule has 0 radical (unpaired) electrons. The van der Waals surface area contributed by atoms with E-state index in [1.807, 2.05) is 0 Å². The van der Waals surface area contributed by atoms with Crippen LogP contribution in [0.15, 0.2) is 6.07 Å². The Hall–Kier alpha value is -1.32. The lowest BCUT2D eigenvalue weighted by molar-refractivity contribution is 0.616. The molecule has 4 nitrogen and oxygen atoms in total. The quantitative estimate of drug-likeness (QED) is 0.754. The zero-order valence-electron chi connectivity index (χ0n) is 13.8. The summed E-state index contributed by atoms with van der Waals surface area (Å²) < 4.78 is 0. The molecule has 0 atom stereocenters. The summed E-state index contributed by atoms with van der Waals surface area (Å²) >= 11 is 0. The summed E-state index contributed by atoms with van der Waals surface area (Å²) in [6.07, 6.45) is 9.05. The molecule has 4 heteroatoms. The van der Waals surface area contributed by atoms with Crippen LogP contribution in [-0.4, -0.2) is 22.6 Å². The second kappa shape index (κ2) is 8.20. The highest BCUT2D eigenvalue weighted by molar-refractivity contribution is 5.48. The maximum atomic E-state index is 4.70. The minimum atomic E-state index is 0.350. The van der Waals surface area contributed by atoms with E-state index in [1.165, 1.54) is 38.5 Å². The van der Waals surface area contributed by atoms with Gasteiger partial charge in [0.1, 0.15) is 17.5 Å². The molecule has 0 unspecified atom stereocenters. The van der Waals surface area contributed by atoms with Crippen LogP contribution >= 0.6 is 0 Å². The molecular formula is C17H30N4. The molecule has 2 rings (SSSR count). The zero-order valence-corrected chi connectivity index (χ0v) is 13.8. The summed E-state index contributed by atoms with van der Waals surface area (Å²) in [6, 6.07) is 2.63. The average molecular weight is 290 g/mol. The van der Waals surface area contributed by atoms with Crippen LogP contribution in [0.4, 0.5) is 11.6 Å². The van der Waals surface area contributed by atoms with Crippen molar-refractivity contribution < 1.29 is 0 Å². The third-order valence-electron chi connectivity index (χ3n) is 4.02. The van der Waals surface area contributed by atoms with Gasteiger partial charge in [0.2, 0.25) is 0 Å². The lowest BCUT2D eigenvalue weighted by atomic mass is 10.1. The number of anilines is 2. The van der Waals surface area contributed by atoms with E-state index in [0.29, 0.717) is 12.0 Å². The van der Waals surface area contributed by atoms with Gasteiger partial charge in [0.05, 0.1) is 0 Å². The van der Waals surface area contributed by atoms with Crippen molar-refractivity contribution in [1.82, 2.24) is 9.97 Å². The Bertz CT molecular complexity index is 423. The Balaban J connectivity index is 2.10. The molecule has 2 N–H and O–H groups in total. The van der Waals surface area contributed by atoms with Crippen LogP contribution in [0.25, 0.3) is 0 Å². The predicted octanol–water partition coefficient (Wildman–Crippen LogP) is 4.56. The number of rotatable bonds is 6. The van der Waals surface area contributed by atoms with Gasteiger partial charge in [-0.25, -0.2) is 9.97 Å². The molecule has 1 aliphatic rings. The largest absolute Gasteiger partial charge is 0.370 e. The second-order valence-electron chi connectivity index (χ2n) is 6.41. The summed E-state index contributed by atoms with van der Waals surface area (Å²) in [5.74, 6) is 3.21. The Labute approximate surface area is 129 Å². The minimum Gasteiger partial charge on any atom is -0.370 e. The monoisotopic (exact) mass is 290 g/mol. The van der Waals surface area contributed by atoms with Gasteiger partial charge < -0.3 is 10.6 Å². The molecule has 1 heterocycles. The predicted molar refractivity (Wildman–Crippen MR) is 90.0 cm³/mol. The fourth-order valence-corrected chi connectivity index (χ4v) is 2.77. The first kappa shape index (κ1) is 16.1. The van der Waals surface area contributed by atoms with Gasteiger partial charge in [-0.05, 0) is 19.3 Å². The van der Waals surface area contributed by atoms with Crippen LogP contribution in [0.1, 0.15) is 77.5 Å². The third kappa shape index (κ3) is 5.18. The van der Waals surface area contributed by atoms with Crippen molar-refractivity contribution in [1.29, 1.82) is 0 Å². The highest BCUT2D eigenvalue weighted by atomic mass is 15.1. The van der Waals surface area contributed by atoms with Crippen molar-refractivity contribution in [2.45, 2.75) is 77.7 Å². The SMILES string of the molecule is CCCNc1cc(NC2CCCCCC2)nc(C(C)C)n1. The first-order valence-corrected chi connectivity index (χ1v) is 8.58. The van der Waals surface area contributed by atoms with E-state index in [4.69, 9.17) is 4.98 Å². The molecule has 0 amide bonds. The second-order valence-corrected chi connectivity index (χ2v) is 6.41. The fourth-order valence-electron chi connectivity index (χ4n) is 2.77. The third-order valence-corrected chi connectivity index (χ3v) is 4.02. The van der Waals surface area contributed by atoms with Crippen molar-refractivity contribution in [3.63, 3.8) is 0 Å². The molecule has 0 aliphatic heterocycles. The number of hydrogen-bond donors (Lipinski definition) is 2. The minimum absolute atomic E-state index is 0.350. The summed E-state index contributed by atoms with van der Waals surface area (Å²) in [4.78, 5) is 9.32. The molecule has 1 aromatic heterocycles. The van der Waals surface area contributed by atoms with Gasteiger partial charge in [-0.15, -0.1) is 0 Å². The highest BCUT2D eigenvalue weighted by Crippen LogP contribution is 2.22. The molecule has 0 aromatic carbocycles. The van der Waals surface area contributed by atoms with Crippen LogP contribution in [0.3, 0.4) is 0 Å². The van der Waals surface area contributed by atoms with Gasteiger partial charge in [0, 0.05) is 24.6 Å². The van der Waals surface area contributed by atoms with Crippen molar-refractivity contribution >= 4 is 11.6 Å². The van der Waals surface area contributed by atoms with E-state index in [-0.39, 0.29) is 0 Å². The van der Waals surface area contributed by atoms with Crippen molar-refractivity contribution in [3.8, 4) is 0 Å². The molecule has 1 saturated carbocycles. The normalized spacial score (nSPS) is 16.8. The van der Waals surface area contributed by atoms with Gasteiger partial charge in [0.25, 0.3) is 0 Å². The van der Waals surface area contributed by atoms with E-state index in [9.17, 15) is 0 Å². The standard InChI is InChI=1S/C17H30N4/c1-4-11-18-15-12-16(21-17(20-15)13(2)3)19-14-9-7-5-6-8-10-14/h12-14H,4-11H2,1-3H3,(H2,18,19,20,21). The maximum Gasteiger partial charge on any atom is 0.135 e. The summed E-state index contributed by atoms with van der Waals surface area (Å²) in [7, 11) is 0. The van der Waals surface area contributed by atoms with Gasteiger partial charge in [-0.3, -0.25) is 0 Å². The number of nitrogens with zero attached hydrogens (tertiary/aromatic N) is 2. The van der Waals surface area contributed by atoms with Crippen molar-refractivity contribution in [2.24, 2.45) is 0 Å². The van der Waals surface area contributed by atoms with Crippen LogP contribution < -0.4 is 10.6 Å². The van der Waals surface area contributed by atoms with Crippen LogP contribution in [-0.2, 0) is 0 Å². The molecule has 1 aromatic rings. The topological polar surface area (TPSA) is 49.8 Å². The summed E-state index contributed by atoms with van der Waals surface area (Å²) in [5, 5.41) is 7.03. The van der Waals surface area contributed by atoms with E-state index < -0.39 is 0 Å². The Morgan fingerprint density at radius 1 is 1.10 bits per heavy atom. The Kier molecular flexibility index (Phi) is 6.27. The van der Waals surface area contributed by atoms with E-state index in [0.717, 1.165) is 30.4 Å². The fraction of sp³-hybridized carbons (Fsp3) is 0.765. The summed E-state index contributed by atoms with van der Waals surface area (Å²) in [6.45, 7) is 7.42. The smallest absolute Gasteiger partial charge is 0.135 e. The molecule has 0 saturated heterocycles. The van der Waals surface area contributed by atoms with Crippen LogP contribution in [0, 0.1) is 0 Å². The average Bonchev–Trinajstić information content (AvgIpc) is 2.73. The van der Waals surface area contributed by atoms with Gasteiger partial charge in [0.15, 0.2) is 0 Å². The lowest BCUT2D eigenvalue weighted by Crippen LogP contribution is -2.20. The summed E-state index contributed by atoms with van der Waals surface area (Å²) in [5.41, 5.74) is 0. The molecule has 1 aliphatic carbocycles. The lowest BCUT2D eigenvalue weighted by Gasteiger charge is -2.19. The van der Waals surface area contributed by atoms with Crippen molar-refractivity contribution in [3.05, 3.63) is 11.9 Å². The van der Waals surface area contributed by atoms with E-state index in [1.54, 1.807) is 0 Å². The molecule has 118 valence electrons. The molecular weight excluding hydrogens is 260 g/mol. The van der Waals surface area contributed by atoms with E-state index >= 15 is 0 Å². The molecule has 0 spiro atoms. The number of hydrogen-bond acceptors (Lipinski definition) is 4. The number of aromatic nitrogens is 2. The first-order chi connectivity index (χ1) is 10.2. The van der Waals surface area contributed by atoms with Crippen LogP contribution in [0.2, 0.25) is 0 Å². The molecule has 21 heavy (non-hydrogen) atoms. The number of nitrogens with one attached hydrogen (secondary N) is 2. The highest BCUT2D eigenvalue weighted by Gasteiger charge is 2.14. The van der Waals surface area contributed by atoms with Gasteiger partial charge >= 0.3 is 0 Å². The maximum absolute atomic E-state index is 4.70. The molecule has 0 bridgehead atoms. The Morgan fingerprint density at radius 2 is 1.76 bits per heavy atom. The van der Waals surface area contributed by atoms with Crippen LogP contribution in [0.5, 0.6) is 0 Å². The van der Waals surface area contributed by atoms with E-state index in [2.05, 4.69) is 42.5 Å². The first-order valence-electron chi connectivity index (χ1n) is 8.58. The molecule has 1 fully saturated rings. The van der Waals surface area contributed by atoms with Gasteiger partial charge in [-0.2, -0.15) is 0 Å². The van der Waals surface area contributed by atoms with Crippen molar-refractivity contribution in [2.75, 3.05) is 17.2 Å².